The molecule has 1 unspecified atom stereocenters. The maximum atomic E-state index is 10.6. The van der Waals surface area contributed by atoms with Crippen molar-refractivity contribution in [3.63, 3.8) is 0 Å². The Kier molecular flexibility index (Phi) is 2.04. The number of hydrogen-bond donors (Lipinski definition) is 2. The third-order valence-electron chi connectivity index (χ3n) is 1.18. The fourth-order valence-electron chi connectivity index (χ4n) is 0.712. The van der Waals surface area contributed by atoms with Crippen LogP contribution < -0.4 is 11.5 Å². The molecule has 1 heterocycles. The van der Waals surface area contributed by atoms with Crippen molar-refractivity contribution in [2.24, 2.45) is 11.5 Å². The van der Waals surface area contributed by atoms with Gasteiger partial charge in [-0.2, -0.15) is 0 Å². The summed E-state index contributed by atoms with van der Waals surface area (Å²) >= 11 is 1.16. The second-order valence-corrected chi connectivity index (χ2v) is 2.91. The molecule has 3 amide bonds. The number of hydrogen-bond acceptors (Lipinski definition) is 3. The first-order valence-electron chi connectivity index (χ1n) is 2.82. The molecule has 1 rings (SSSR count). The van der Waals surface area contributed by atoms with E-state index in [2.05, 4.69) is 0 Å². The summed E-state index contributed by atoms with van der Waals surface area (Å²) < 4.78 is 0. The fourth-order valence-corrected chi connectivity index (χ4v) is 1.50. The van der Waals surface area contributed by atoms with Crippen LogP contribution >= 0.6 is 11.8 Å². The van der Waals surface area contributed by atoms with E-state index >= 15 is 0 Å². The molecule has 5 nitrogen and oxygen atoms in total. The van der Waals surface area contributed by atoms with Gasteiger partial charge in [-0.15, -0.1) is 0 Å². The molecule has 0 aliphatic carbocycles. The number of urea groups is 1. The molecule has 0 aromatic rings. The van der Waals surface area contributed by atoms with Crippen LogP contribution in [0, 0.1) is 0 Å². The summed E-state index contributed by atoms with van der Waals surface area (Å²) in [5.74, 6) is -0.571. The summed E-state index contributed by atoms with van der Waals surface area (Å²) in [5.41, 5.74) is 9.92. The molecule has 1 aliphatic rings. The normalized spacial score (nSPS) is 22.2. The van der Waals surface area contributed by atoms with Gasteiger partial charge in [-0.1, -0.05) is 11.8 Å². The lowest BCUT2D eigenvalue weighted by molar-refractivity contribution is -0.119. The van der Waals surface area contributed by atoms with Crippen LogP contribution in [0.15, 0.2) is 11.6 Å². The molecule has 1 aliphatic heterocycles. The Labute approximate surface area is 67.4 Å². The average molecular weight is 173 g/mol. The SMILES string of the molecule is NC(=O)C1SC=CN1C(N)=O. The molecule has 0 saturated heterocycles. The maximum absolute atomic E-state index is 10.6. The lowest BCUT2D eigenvalue weighted by atomic mass is 10.5. The Morgan fingerprint density at radius 3 is 2.45 bits per heavy atom. The molecule has 11 heavy (non-hydrogen) atoms. The van der Waals surface area contributed by atoms with Crippen LogP contribution in [0.2, 0.25) is 0 Å². The number of amides is 3. The first-order valence-corrected chi connectivity index (χ1v) is 3.76. The van der Waals surface area contributed by atoms with E-state index in [-0.39, 0.29) is 0 Å². The second-order valence-electron chi connectivity index (χ2n) is 1.92. The van der Waals surface area contributed by atoms with E-state index in [1.807, 2.05) is 0 Å². The van der Waals surface area contributed by atoms with Crippen molar-refractivity contribution in [2.75, 3.05) is 0 Å². The van der Waals surface area contributed by atoms with Crippen LogP contribution in [0.5, 0.6) is 0 Å². The summed E-state index contributed by atoms with van der Waals surface area (Å²) in [4.78, 5) is 22.3. The Morgan fingerprint density at radius 1 is 1.45 bits per heavy atom. The molecular weight excluding hydrogens is 166 g/mol. The second kappa shape index (κ2) is 2.83. The predicted octanol–water partition coefficient (Wildman–Crippen LogP) is -0.603. The zero-order valence-electron chi connectivity index (χ0n) is 5.56. The van der Waals surface area contributed by atoms with Crippen molar-refractivity contribution in [2.45, 2.75) is 5.37 Å². The number of rotatable bonds is 1. The highest BCUT2D eigenvalue weighted by molar-refractivity contribution is 8.03. The molecule has 0 aromatic carbocycles. The Morgan fingerprint density at radius 2 is 2.09 bits per heavy atom. The van der Waals surface area contributed by atoms with Crippen LogP contribution in [0.3, 0.4) is 0 Å². The van der Waals surface area contributed by atoms with Gasteiger partial charge in [-0.3, -0.25) is 9.69 Å². The molecule has 0 bridgehead atoms. The van der Waals surface area contributed by atoms with Gasteiger partial charge >= 0.3 is 6.03 Å². The number of thioether (sulfide) groups is 1. The summed E-state index contributed by atoms with van der Waals surface area (Å²) in [6.45, 7) is 0. The van der Waals surface area contributed by atoms with E-state index in [1.54, 1.807) is 5.41 Å². The molecule has 0 saturated carbocycles. The first kappa shape index (κ1) is 7.93. The lowest BCUT2D eigenvalue weighted by Gasteiger charge is -2.16. The van der Waals surface area contributed by atoms with Gasteiger partial charge in [0.05, 0.1) is 0 Å². The Hall–Kier alpha value is -1.17. The van der Waals surface area contributed by atoms with Crippen molar-refractivity contribution < 1.29 is 9.59 Å². The average Bonchev–Trinajstić information content (AvgIpc) is 2.32. The minimum atomic E-state index is -0.674. The summed E-state index contributed by atoms with van der Waals surface area (Å²) in [6, 6.07) is -0.671. The monoisotopic (exact) mass is 173 g/mol. The van der Waals surface area contributed by atoms with Gasteiger partial charge in [0.1, 0.15) is 0 Å². The summed E-state index contributed by atoms with van der Waals surface area (Å²) in [6.07, 6.45) is 1.43. The maximum Gasteiger partial charge on any atom is 0.320 e. The van der Waals surface area contributed by atoms with Crippen molar-refractivity contribution >= 4 is 23.7 Å². The minimum Gasteiger partial charge on any atom is -0.367 e. The first-order chi connectivity index (χ1) is 5.13. The number of primary amides is 2. The van der Waals surface area contributed by atoms with Gasteiger partial charge in [-0.25, -0.2) is 4.79 Å². The van der Waals surface area contributed by atoms with E-state index < -0.39 is 17.3 Å². The van der Waals surface area contributed by atoms with Crippen molar-refractivity contribution in [1.82, 2.24) is 4.90 Å². The van der Waals surface area contributed by atoms with Crippen LogP contribution in [0.4, 0.5) is 4.79 Å². The van der Waals surface area contributed by atoms with E-state index in [0.717, 1.165) is 16.7 Å². The van der Waals surface area contributed by atoms with E-state index in [9.17, 15) is 9.59 Å². The third kappa shape index (κ3) is 1.45. The minimum absolute atomic E-state index is 0.571. The lowest BCUT2D eigenvalue weighted by Crippen LogP contribution is -2.43. The molecule has 0 radical (unpaired) electrons. The van der Waals surface area contributed by atoms with E-state index in [1.165, 1.54) is 6.20 Å². The molecule has 0 spiro atoms. The Balaban J connectivity index is 2.71. The fraction of sp³-hybridized carbons (Fsp3) is 0.200. The highest BCUT2D eigenvalue weighted by atomic mass is 32.2. The molecule has 4 N–H and O–H groups in total. The third-order valence-corrected chi connectivity index (χ3v) is 2.18. The molecular formula is C5H7N3O2S. The zero-order chi connectivity index (χ0) is 8.43. The topological polar surface area (TPSA) is 89.4 Å². The number of carbonyl (C=O) groups excluding carboxylic acids is 2. The largest absolute Gasteiger partial charge is 0.367 e. The van der Waals surface area contributed by atoms with E-state index in [0.29, 0.717) is 0 Å². The smallest absolute Gasteiger partial charge is 0.320 e. The molecule has 1 atom stereocenters. The number of nitrogens with two attached hydrogens (primary N) is 2. The van der Waals surface area contributed by atoms with Gasteiger partial charge < -0.3 is 11.5 Å². The van der Waals surface area contributed by atoms with Crippen LogP contribution in [-0.2, 0) is 4.79 Å². The van der Waals surface area contributed by atoms with Crippen LogP contribution in [-0.4, -0.2) is 22.2 Å². The van der Waals surface area contributed by atoms with E-state index in [4.69, 9.17) is 11.5 Å². The van der Waals surface area contributed by atoms with Crippen molar-refractivity contribution in [3.8, 4) is 0 Å². The molecule has 0 fully saturated rings. The van der Waals surface area contributed by atoms with Crippen molar-refractivity contribution in [1.29, 1.82) is 0 Å². The molecule has 60 valence electrons. The van der Waals surface area contributed by atoms with Gasteiger partial charge in [-0.05, 0) is 5.41 Å². The van der Waals surface area contributed by atoms with Gasteiger partial charge in [0.2, 0.25) is 0 Å². The van der Waals surface area contributed by atoms with Crippen LogP contribution in [0.1, 0.15) is 0 Å². The number of carbonyl (C=O) groups is 2. The van der Waals surface area contributed by atoms with Crippen LogP contribution in [0.25, 0.3) is 0 Å². The highest BCUT2D eigenvalue weighted by Crippen LogP contribution is 2.23. The zero-order valence-corrected chi connectivity index (χ0v) is 6.38. The van der Waals surface area contributed by atoms with Gasteiger partial charge in [0, 0.05) is 6.20 Å². The summed E-state index contributed by atoms with van der Waals surface area (Å²) in [7, 11) is 0. The molecule has 6 heteroatoms. The standard InChI is InChI=1S/C5H7N3O2S/c6-3(9)4-8(5(7)10)1-2-11-4/h1-2,4H,(H2,6,9)(H2,7,10). The quantitative estimate of drug-likeness (QED) is 0.554. The number of nitrogens with zero attached hydrogens (tertiary/aromatic N) is 1. The van der Waals surface area contributed by atoms with Gasteiger partial charge in [0.25, 0.3) is 5.91 Å². The highest BCUT2D eigenvalue weighted by Gasteiger charge is 2.28. The summed E-state index contributed by atoms with van der Waals surface area (Å²) in [5, 5.41) is 0.924. The van der Waals surface area contributed by atoms with Gasteiger partial charge in [0.15, 0.2) is 5.37 Å². The predicted molar refractivity (Wildman–Crippen MR) is 41.1 cm³/mol. The molecule has 0 aromatic heterocycles. The Bertz CT molecular complexity index is 228. The van der Waals surface area contributed by atoms with Crippen molar-refractivity contribution in [3.05, 3.63) is 11.6 Å².